The van der Waals surface area contributed by atoms with Gasteiger partial charge in [-0.25, -0.2) is 4.79 Å². The first-order valence-electron chi connectivity index (χ1n) is 13.7. The van der Waals surface area contributed by atoms with Gasteiger partial charge in [-0.2, -0.15) is 0 Å². The molecule has 0 radical (unpaired) electrons. The van der Waals surface area contributed by atoms with Crippen LogP contribution in [0, 0.1) is 5.92 Å². The molecule has 1 aliphatic carbocycles. The van der Waals surface area contributed by atoms with Gasteiger partial charge in [-0.1, -0.05) is 42.5 Å². The lowest BCUT2D eigenvalue weighted by Crippen LogP contribution is -2.62. The first-order valence-corrected chi connectivity index (χ1v) is 15.3. The van der Waals surface area contributed by atoms with Crippen LogP contribution in [0.1, 0.15) is 49.4 Å². The van der Waals surface area contributed by atoms with Crippen LogP contribution in [0.25, 0.3) is 10.4 Å². The molecule has 47 heavy (non-hydrogen) atoms. The number of benzene rings is 2. The summed E-state index contributed by atoms with van der Waals surface area (Å²) in [6.45, 7) is 1.33. The monoisotopic (exact) mass is 726 g/mol. The van der Waals surface area contributed by atoms with E-state index in [2.05, 4.69) is 25.4 Å². The minimum atomic E-state index is -5.04. The first-order chi connectivity index (χ1) is 21.8. The number of carbonyl (C=O) groups is 3. The topological polar surface area (TPSA) is 129 Å². The quantitative estimate of drug-likeness (QED) is 0.192. The number of hydrogen-bond donors (Lipinski definition) is 3. The van der Waals surface area contributed by atoms with Crippen molar-refractivity contribution in [2.45, 2.75) is 57.3 Å². The number of rotatable bonds is 9. The number of aliphatic carboxylic acids is 1. The number of carbonyl (C=O) groups excluding carboxylic acids is 3. The number of alkyl halides is 6. The predicted octanol–water partition coefficient (Wildman–Crippen LogP) is 7.98. The largest absolute Gasteiger partial charge is 0.573 e. The molecule has 1 fully saturated rings. The smallest absolute Gasteiger partial charge is 0.548 e. The molecule has 1 heterocycles. The van der Waals surface area contributed by atoms with Crippen LogP contribution in [-0.2, 0) is 4.79 Å². The highest BCUT2D eigenvalue weighted by molar-refractivity contribution is 7.20. The number of anilines is 2. The Morgan fingerprint density at radius 3 is 1.94 bits per heavy atom. The van der Waals surface area contributed by atoms with Gasteiger partial charge in [-0.05, 0) is 61.6 Å². The summed E-state index contributed by atoms with van der Waals surface area (Å²) in [5.41, 5.74) is -1.97. The SMILES string of the molecule is C[C@@](NC(=O)c1cc(-c2ccc(OC(F)(F)F)cc2)sc1NC(=O)Nc1c(Cl)cc(OC(F)(F)F)cc1Cl)(C(=O)[O-])C1CCCCC1. The van der Waals surface area contributed by atoms with E-state index in [1.165, 1.54) is 25.1 Å². The van der Waals surface area contributed by atoms with Crippen molar-refractivity contribution < 1.29 is 55.3 Å². The Morgan fingerprint density at radius 2 is 1.40 bits per heavy atom. The lowest BCUT2D eigenvalue weighted by molar-refractivity contribution is -0.315. The number of halogens is 8. The minimum Gasteiger partial charge on any atom is -0.548 e. The second kappa shape index (κ2) is 14.1. The molecule has 0 bridgehead atoms. The van der Waals surface area contributed by atoms with Gasteiger partial charge in [0.1, 0.15) is 16.5 Å². The molecule has 0 aliphatic heterocycles. The fraction of sp³-hybridized carbons (Fsp3) is 0.345. The van der Waals surface area contributed by atoms with E-state index in [1.54, 1.807) is 0 Å². The van der Waals surface area contributed by atoms with Crippen LogP contribution in [-0.4, -0.2) is 36.2 Å². The molecule has 1 saturated carbocycles. The molecule has 1 aromatic heterocycles. The maximum absolute atomic E-state index is 13.6. The number of nitrogens with one attached hydrogen (secondary N) is 3. The highest BCUT2D eigenvalue weighted by Crippen LogP contribution is 2.40. The zero-order valence-corrected chi connectivity index (χ0v) is 26.4. The van der Waals surface area contributed by atoms with Gasteiger partial charge in [0, 0.05) is 17.0 Å². The Hall–Kier alpha value is -3.89. The van der Waals surface area contributed by atoms with Gasteiger partial charge >= 0.3 is 18.8 Å². The molecule has 3 amide bonds. The van der Waals surface area contributed by atoms with E-state index in [1.807, 2.05) is 0 Å². The van der Waals surface area contributed by atoms with Crippen molar-refractivity contribution in [1.82, 2.24) is 5.32 Å². The molecule has 3 N–H and O–H groups in total. The highest BCUT2D eigenvalue weighted by Gasteiger charge is 2.39. The molecule has 2 aromatic carbocycles. The van der Waals surface area contributed by atoms with Gasteiger partial charge in [0.05, 0.1) is 32.8 Å². The van der Waals surface area contributed by atoms with Crippen molar-refractivity contribution in [1.29, 1.82) is 0 Å². The second-order valence-corrected chi connectivity index (χ2v) is 12.5. The number of amides is 3. The van der Waals surface area contributed by atoms with E-state index in [4.69, 9.17) is 23.2 Å². The van der Waals surface area contributed by atoms with Crippen molar-refractivity contribution in [2.24, 2.45) is 5.92 Å². The van der Waals surface area contributed by atoms with Gasteiger partial charge in [0.2, 0.25) is 0 Å². The van der Waals surface area contributed by atoms with Gasteiger partial charge in [-0.15, -0.1) is 37.7 Å². The van der Waals surface area contributed by atoms with Crippen molar-refractivity contribution >= 4 is 63.1 Å². The van der Waals surface area contributed by atoms with E-state index in [9.17, 15) is 45.8 Å². The molecular formula is C29H24Cl2F6N3O6S-. The summed E-state index contributed by atoms with van der Waals surface area (Å²) in [5, 5.41) is 18.5. The molecule has 4 rings (SSSR count). The van der Waals surface area contributed by atoms with Crippen molar-refractivity contribution in [3.8, 4) is 21.9 Å². The Morgan fingerprint density at radius 1 is 0.851 bits per heavy atom. The van der Waals surface area contributed by atoms with Crippen molar-refractivity contribution in [3.63, 3.8) is 0 Å². The number of urea groups is 1. The summed E-state index contributed by atoms with van der Waals surface area (Å²) in [7, 11) is 0. The number of thiophene rings is 1. The Kier molecular flexibility index (Phi) is 10.8. The minimum absolute atomic E-state index is 0.126. The van der Waals surface area contributed by atoms with Crippen LogP contribution in [0.4, 0.5) is 41.8 Å². The Bertz CT molecular complexity index is 1620. The summed E-state index contributed by atoms with van der Waals surface area (Å²) in [6.07, 6.45) is -6.52. The van der Waals surface area contributed by atoms with E-state index < -0.39 is 63.6 Å². The normalized spacial score (nSPS) is 15.3. The van der Waals surface area contributed by atoms with Gasteiger partial charge in [0.15, 0.2) is 0 Å². The Balaban J connectivity index is 1.65. The second-order valence-electron chi connectivity index (χ2n) is 10.6. The highest BCUT2D eigenvalue weighted by atomic mass is 35.5. The van der Waals surface area contributed by atoms with Crippen LogP contribution < -0.4 is 30.5 Å². The number of carboxylic acid groups (broad SMARTS) is 1. The summed E-state index contributed by atoms with van der Waals surface area (Å²) in [4.78, 5) is 39.2. The standard InChI is InChI=1S/C29H25Cl2F6N3O6S/c1-27(25(42)43,15-5-3-2-4-6-15)40-23(41)18-13-21(14-7-9-16(10-8-14)45-28(32,33)34)47-24(18)39-26(44)38-22-19(30)11-17(12-20(22)31)46-29(35,36)37/h7-13,15H,2-6H2,1H3,(H,40,41)(H,42,43)(H2,38,39,44)/p-1/t27-/m0/s1. The molecule has 0 spiro atoms. The average Bonchev–Trinajstić information content (AvgIpc) is 3.37. The van der Waals surface area contributed by atoms with Crippen molar-refractivity contribution in [3.05, 3.63) is 58.1 Å². The number of ether oxygens (including phenoxy) is 2. The molecule has 1 aliphatic rings. The molecule has 1 atom stereocenters. The van der Waals surface area contributed by atoms with E-state index >= 15 is 0 Å². The predicted molar refractivity (Wildman–Crippen MR) is 160 cm³/mol. The molecule has 254 valence electrons. The molecule has 0 saturated heterocycles. The molecule has 0 unspecified atom stereocenters. The van der Waals surface area contributed by atoms with Crippen LogP contribution in [0.15, 0.2) is 42.5 Å². The molecular weight excluding hydrogens is 703 g/mol. The van der Waals surface area contributed by atoms with Crippen LogP contribution in [0.5, 0.6) is 11.5 Å². The fourth-order valence-corrected chi connectivity index (χ4v) is 6.65. The Labute approximate surface area is 277 Å². The summed E-state index contributed by atoms with van der Waals surface area (Å²) < 4.78 is 83.4. The van der Waals surface area contributed by atoms with Gasteiger partial charge in [-0.3, -0.25) is 10.1 Å². The summed E-state index contributed by atoms with van der Waals surface area (Å²) >= 11 is 12.9. The third kappa shape index (κ3) is 9.35. The summed E-state index contributed by atoms with van der Waals surface area (Å²) in [6, 6.07) is 6.39. The summed E-state index contributed by atoms with van der Waals surface area (Å²) in [5.74, 6) is -4.12. The average molecular weight is 727 g/mol. The van der Waals surface area contributed by atoms with E-state index in [0.29, 0.717) is 18.4 Å². The molecule has 9 nitrogen and oxygen atoms in total. The lowest BCUT2D eigenvalue weighted by atomic mass is 9.75. The third-order valence-electron chi connectivity index (χ3n) is 7.28. The maximum Gasteiger partial charge on any atom is 0.573 e. The van der Waals surface area contributed by atoms with E-state index in [-0.39, 0.29) is 21.1 Å². The van der Waals surface area contributed by atoms with E-state index in [0.717, 1.165) is 54.9 Å². The maximum atomic E-state index is 13.6. The fourth-order valence-electron chi connectivity index (χ4n) is 5.03. The van der Waals surface area contributed by atoms with Crippen LogP contribution >= 0.6 is 34.5 Å². The molecule has 18 heteroatoms. The molecule has 3 aromatic rings. The van der Waals surface area contributed by atoms with Gasteiger partial charge in [0.25, 0.3) is 5.91 Å². The zero-order valence-electron chi connectivity index (χ0n) is 24.0. The van der Waals surface area contributed by atoms with Gasteiger partial charge < -0.3 is 30.0 Å². The number of carboxylic acids is 1. The first kappa shape index (κ1) is 36.0. The number of hydrogen-bond acceptors (Lipinski definition) is 7. The third-order valence-corrected chi connectivity index (χ3v) is 8.98. The van der Waals surface area contributed by atoms with Crippen LogP contribution in [0.2, 0.25) is 10.0 Å². The lowest BCUT2D eigenvalue weighted by Gasteiger charge is -2.41. The van der Waals surface area contributed by atoms with Crippen molar-refractivity contribution in [2.75, 3.05) is 10.6 Å². The van der Waals surface area contributed by atoms with Crippen LogP contribution in [0.3, 0.4) is 0 Å². The zero-order chi connectivity index (χ0) is 34.7.